The van der Waals surface area contributed by atoms with Crippen LogP contribution in [0.1, 0.15) is 21.5 Å². The van der Waals surface area contributed by atoms with Gasteiger partial charge in [-0.2, -0.15) is 0 Å². The molecule has 0 atom stereocenters. The van der Waals surface area contributed by atoms with Crippen LogP contribution in [0.25, 0.3) is 11.1 Å². The van der Waals surface area contributed by atoms with Crippen molar-refractivity contribution in [2.45, 2.75) is 13.2 Å². The summed E-state index contributed by atoms with van der Waals surface area (Å²) in [7, 11) is 5.59. The molecule has 0 radical (unpaired) electrons. The summed E-state index contributed by atoms with van der Waals surface area (Å²) >= 11 is 0. The maximum Gasteiger partial charge on any atom is 0.274 e. The summed E-state index contributed by atoms with van der Waals surface area (Å²) in [5.74, 6) is 0.390. The van der Waals surface area contributed by atoms with Gasteiger partial charge in [0.15, 0.2) is 0 Å². The molecule has 2 N–H and O–H groups in total. The van der Waals surface area contributed by atoms with Crippen LogP contribution in [0.15, 0.2) is 72.0 Å². The quantitative estimate of drug-likeness (QED) is 0.435. The van der Waals surface area contributed by atoms with Crippen molar-refractivity contribution in [3.05, 3.63) is 94.3 Å². The summed E-state index contributed by atoms with van der Waals surface area (Å²) in [6.07, 6.45) is 4.70. The zero-order chi connectivity index (χ0) is 25.4. The molecule has 2 aromatic heterocycles. The normalized spacial score (nSPS) is 12.6. The molecular weight excluding hydrogens is 456 g/mol. The highest BCUT2D eigenvalue weighted by Crippen LogP contribution is 2.37. The molecule has 5 rings (SSSR count). The van der Waals surface area contributed by atoms with E-state index in [-0.39, 0.29) is 18.1 Å². The summed E-state index contributed by atoms with van der Waals surface area (Å²) in [5.41, 5.74) is 5.44. The lowest BCUT2D eigenvalue weighted by molar-refractivity contribution is 0.0996. The molecule has 0 aliphatic carbocycles. The lowest BCUT2D eigenvalue weighted by Crippen LogP contribution is -2.24. The molecule has 1 aliphatic heterocycles. The van der Waals surface area contributed by atoms with Crippen molar-refractivity contribution in [1.29, 1.82) is 0 Å². The molecule has 9 heteroatoms. The van der Waals surface area contributed by atoms with E-state index in [4.69, 9.17) is 0 Å². The van der Waals surface area contributed by atoms with Gasteiger partial charge in [-0.25, -0.2) is 9.97 Å². The zero-order valence-corrected chi connectivity index (χ0v) is 20.3. The first-order chi connectivity index (χ1) is 17.4. The molecule has 0 saturated carbocycles. The first-order valence-electron chi connectivity index (χ1n) is 11.5. The monoisotopic (exact) mass is 482 g/mol. The fourth-order valence-corrected chi connectivity index (χ4v) is 4.50. The Balaban J connectivity index is 1.56. The number of hydrogen-bond donors (Lipinski definition) is 2. The Morgan fingerprint density at radius 3 is 2.64 bits per heavy atom. The second-order valence-corrected chi connectivity index (χ2v) is 8.87. The molecular formula is C27H26N6O3. The van der Waals surface area contributed by atoms with E-state index in [0.717, 1.165) is 22.4 Å². The number of pyridine rings is 1. The number of rotatable bonds is 6. The van der Waals surface area contributed by atoms with Gasteiger partial charge >= 0.3 is 0 Å². The van der Waals surface area contributed by atoms with Gasteiger partial charge in [-0.05, 0) is 47.5 Å². The van der Waals surface area contributed by atoms with E-state index in [1.807, 2.05) is 55.4 Å². The molecule has 2 aromatic carbocycles. The standard InChI is InChI=1S/C27H26N6O3/c1-31(2)19-7-8-21-17(11-19)14-33(26(21)35)24-6-4-5-20(22(24)15-34)18-12-23(27(36)32(3)13-18)30-25-9-10-28-16-29-25/h4-13,16,34H,14-15H2,1-3H3,(H,28,29,30). The van der Waals surface area contributed by atoms with Crippen molar-refractivity contribution in [1.82, 2.24) is 14.5 Å². The topological polar surface area (TPSA) is 104 Å². The Kier molecular flexibility index (Phi) is 5.99. The third kappa shape index (κ3) is 4.09. The molecule has 0 spiro atoms. The average Bonchev–Trinajstić information content (AvgIpc) is 3.22. The van der Waals surface area contributed by atoms with Crippen LogP contribution in [0.4, 0.5) is 22.9 Å². The predicted octanol–water partition coefficient (Wildman–Crippen LogP) is 3.30. The first kappa shape index (κ1) is 23.3. The maximum absolute atomic E-state index is 13.3. The fraction of sp³-hybridized carbons (Fsp3) is 0.185. The minimum absolute atomic E-state index is 0.103. The van der Waals surface area contributed by atoms with Crippen LogP contribution in [0.3, 0.4) is 0 Å². The number of fused-ring (bicyclic) bond motifs is 1. The molecule has 0 bridgehead atoms. The van der Waals surface area contributed by atoms with E-state index in [1.54, 1.807) is 36.5 Å². The molecule has 1 aliphatic rings. The summed E-state index contributed by atoms with van der Waals surface area (Å²) in [4.78, 5) is 37.8. The first-order valence-corrected chi connectivity index (χ1v) is 11.5. The van der Waals surface area contributed by atoms with Gasteiger partial charge in [-0.15, -0.1) is 0 Å². The van der Waals surface area contributed by atoms with Gasteiger partial charge in [0.1, 0.15) is 17.8 Å². The van der Waals surface area contributed by atoms with Gasteiger partial charge in [0.25, 0.3) is 11.5 Å². The molecule has 4 aromatic rings. The highest BCUT2D eigenvalue weighted by molar-refractivity contribution is 6.11. The lowest BCUT2D eigenvalue weighted by atomic mass is 9.98. The van der Waals surface area contributed by atoms with Crippen LogP contribution in [0, 0.1) is 0 Å². The average molecular weight is 483 g/mol. The minimum atomic E-state index is -0.272. The molecule has 3 heterocycles. The number of carbonyl (C=O) groups excluding carboxylic acids is 1. The van der Waals surface area contributed by atoms with E-state index in [1.165, 1.54) is 10.9 Å². The smallest absolute Gasteiger partial charge is 0.274 e. The van der Waals surface area contributed by atoms with Gasteiger partial charge in [0, 0.05) is 55.9 Å². The van der Waals surface area contributed by atoms with Gasteiger partial charge in [-0.1, -0.05) is 12.1 Å². The van der Waals surface area contributed by atoms with E-state index in [0.29, 0.717) is 34.9 Å². The summed E-state index contributed by atoms with van der Waals surface area (Å²) in [6.45, 7) is 0.145. The minimum Gasteiger partial charge on any atom is -0.392 e. The summed E-state index contributed by atoms with van der Waals surface area (Å²) in [6, 6.07) is 14.8. The van der Waals surface area contributed by atoms with Gasteiger partial charge in [-0.3, -0.25) is 9.59 Å². The number of aliphatic hydroxyl groups excluding tert-OH is 1. The Labute approximate surface area is 208 Å². The lowest BCUT2D eigenvalue weighted by Gasteiger charge is -2.22. The van der Waals surface area contributed by atoms with E-state index < -0.39 is 0 Å². The largest absolute Gasteiger partial charge is 0.392 e. The number of benzene rings is 2. The number of aromatic nitrogens is 3. The van der Waals surface area contributed by atoms with Crippen LogP contribution >= 0.6 is 0 Å². The molecule has 0 unspecified atom stereocenters. The molecule has 182 valence electrons. The van der Waals surface area contributed by atoms with Crippen molar-refractivity contribution in [3.8, 4) is 11.1 Å². The Morgan fingerprint density at radius 1 is 1.08 bits per heavy atom. The van der Waals surface area contributed by atoms with Crippen LogP contribution in [0.5, 0.6) is 0 Å². The van der Waals surface area contributed by atoms with E-state index in [2.05, 4.69) is 15.3 Å². The Bertz CT molecular complexity index is 1510. The molecule has 36 heavy (non-hydrogen) atoms. The van der Waals surface area contributed by atoms with Crippen molar-refractivity contribution in [3.63, 3.8) is 0 Å². The van der Waals surface area contributed by atoms with E-state index >= 15 is 0 Å². The SMILES string of the molecule is CN(C)c1ccc2c(c1)CN(c1cccc(-c3cc(Nc4ccncn4)c(=O)n(C)c3)c1CO)C2=O. The van der Waals surface area contributed by atoms with Crippen LogP contribution in [0.2, 0.25) is 0 Å². The number of nitrogens with one attached hydrogen (secondary N) is 1. The number of carbonyl (C=O) groups is 1. The number of amides is 1. The zero-order valence-electron chi connectivity index (χ0n) is 20.3. The third-order valence-electron chi connectivity index (χ3n) is 6.35. The highest BCUT2D eigenvalue weighted by Gasteiger charge is 2.31. The second-order valence-electron chi connectivity index (χ2n) is 8.87. The van der Waals surface area contributed by atoms with Crippen molar-refractivity contribution in [2.24, 2.45) is 7.05 Å². The number of anilines is 4. The number of nitrogens with zero attached hydrogens (tertiary/aromatic N) is 5. The Hall–Kier alpha value is -4.50. The molecule has 1 amide bonds. The van der Waals surface area contributed by atoms with Crippen LogP contribution < -0.4 is 20.7 Å². The Morgan fingerprint density at radius 2 is 1.92 bits per heavy atom. The number of hydrogen-bond acceptors (Lipinski definition) is 7. The molecule has 0 fully saturated rings. The van der Waals surface area contributed by atoms with Crippen LogP contribution in [-0.2, 0) is 20.2 Å². The van der Waals surface area contributed by atoms with Crippen molar-refractivity contribution in [2.75, 3.05) is 29.2 Å². The van der Waals surface area contributed by atoms with Crippen LogP contribution in [-0.4, -0.2) is 39.6 Å². The molecule has 9 nitrogen and oxygen atoms in total. The van der Waals surface area contributed by atoms with Gasteiger partial charge in [0.05, 0.1) is 18.8 Å². The maximum atomic E-state index is 13.3. The van der Waals surface area contributed by atoms with Crippen molar-refractivity contribution < 1.29 is 9.90 Å². The van der Waals surface area contributed by atoms with Gasteiger partial charge in [0.2, 0.25) is 0 Å². The van der Waals surface area contributed by atoms with E-state index in [9.17, 15) is 14.7 Å². The predicted molar refractivity (Wildman–Crippen MR) is 140 cm³/mol. The highest BCUT2D eigenvalue weighted by atomic mass is 16.3. The number of aryl methyl sites for hydroxylation is 1. The third-order valence-corrected chi connectivity index (χ3v) is 6.35. The number of aliphatic hydroxyl groups is 1. The fourth-order valence-electron chi connectivity index (χ4n) is 4.50. The van der Waals surface area contributed by atoms with Gasteiger partial charge < -0.3 is 24.8 Å². The summed E-state index contributed by atoms with van der Waals surface area (Å²) in [5, 5.41) is 13.5. The summed E-state index contributed by atoms with van der Waals surface area (Å²) < 4.78 is 1.48. The molecule has 0 saturated heterocycles. The second kappa shape index (κ2) is 9.27. The van der Waals surface area contributed by atoms with Crippen molar-refractivity contribution >= 4 is 28.8 Å².